The van der Waals surface area contributed by atoms with Gasteiger partial charge in [0.2, 0.25) is 15.9 Å². The summed E-state index contributed by atoms with van der Waals surface area (Å²) in [6.45, 7) is 2.37. The van der Waals surface area contributed by atoms with Gasteiger partial charge >= 0.3 is 0 Å². The highest BCUT2D eigenvalue weighted by Crippen LogP contribution is 2.21. The molecule has 188 valence electrons. The molecule has 2 aliphatic rings. The second-order valence-corrected chi connectivity index (χ2v) is 10.2. The molecule has 2 aromatic rings. The molecule has 0 unspecified atom stereocenters. The summed E-state index contributed by atoms with van der Waals surface area (Å²) < 4.78 is 39.0. The van der Waals surface area contributed by atoms with E-state index >= 15 is 0 Å². The van der Waals surface area contributed by atoms with Crippen molar-refractivity contribution in [3.05, 3.63) is 66.7 Å². The number of carbonyl (C=O) groups is 1. The zero-order chi connectivity index (χ0) is 24.8. The van der Waals surface area contributed by atoms with Crippen molar-refractivity contribution in [3.8, 4) is 5.75 Å². The number of ether oxygens (including phenoxy) is 2. The Morgan fingerprint density at radius 1 is 1.06 bits per heavy atom. The van der Waals surface area contributed by atoms with E-state index < -0.39 is 28.3 Å². The van der Waals surface area contributed by atoms with Gasteiger partial charge in [-0.15, -0.1) is 0 Å². The Labute approximate surface area is 206 Å². The SMILES string of the molecule is COc1ccc(S(=O)(=O)N[C@H]2C=C[C@H](CC(=O)N3CCN(c4ccccc4)CC3)O[C@H]2CO)cc1. The van der Waals surface area contributed by atoms with Gasteiger partial charge in [-0.2, -0.15) is 0 Å². The zero-order valence-electron chi connectivity index (χ0n) is 19.6. The number of nitrogens with one attached hydrogen (secondary N) is 1. The Kier molecular flexibility index (Phi) is 8.07. The van der Waals surface area contributed by atoms with Crippen LogP contribution in [0.15, 0.2) is 71.6 Å². The number of rotatable bonds is 8. The molecule has 0 aliphatic carbocycles. The minimum absolute atomic E-state index is 0.0266. The maximum absolute atomic E-state index is 12.9. The largest absolute Gasteiger partial charge is 0.497 e. The number of benzene rings is 2. The van der Waals surface area contributed by atoms with Crippen LogP contribution in [-0.2, 0) is 19.6 Å². The summed E-state index contributed by atoms with van der Waals surface area (Å²) in [6, 6.07) is 15.4. The number of hydrogen-bond acceptors (Lipinski definition) is 7. The number of para-hydroxylation sites is 1. The maximum atomic E-state index is 12.9. The van der Waals surface area contributed by atoms with Crippen LogP contribution in [0, 0.1) is 0 Å². The van der Waals surface area contributed by atoms with E-state index in [0.29, 0.717) is 18.8 Å². The van der Waals surface area contributed by atoms with Crippen LogP contribution in [0.4, 0.5) is 5.69 Å². The monoisotopic (exact) mass is 501 g/mol. The van der Waals surface area contributed by atoms with Crippen molar-refractivity contribution in [2.45, 2.75) is 29.6 Å². The van der Waals surface area contributed by atoms with Gasteiger partial charge in [0, 0.05) is 31.9 Å². The van der Waals surface area contributed by atoms with Crippen LogP contribution in [-0.4, -0.2) is 82.5 Å². The Hall–Kier alpha value is -2.92. The van der Waals surface area contributed by atoms with Gasteiger partial charge in [-0.05, 0) is 36.4 Å². The Morgan fingerprint density at radius 3 is 2.37 bits per heavy atom. The second kappa shape index (κ2) is 11.2. The van der Waals surface area contributed by atoms with Gasteiger partial charge in [0.25, 0.3) is 0 Å². The number of carbonyl (C=O) groups excluding carboxylic acids is 1. The molecule has 0 saturated carbocycles. The minimum Gasteiger partial charge on any atom is -0.497 e. The lowest BCUT2D eigenvalue weighted by atomic mass is 10.1. The Morgan fingerprint density at radius 2 is 1.74 bits per heavy atom. The first-order valence-corrected chi connectivity index (χ1v) is 13.1. The minimum atomic E-state index is -3.84. The maximum Gasteiger partial charge on any atom is 0.241 e. The summed E-state index contributed by atoms with van der Waals surface area (Å²) in [7, 11) is -2.34. The summed E-state index contributed by atoms with van der Waals surface area (Å²) >= 11 is 0. The lowest BCUT2D eigenvalue weighted by Crippen LogP contribution is -2.51. The Bertz CT molecular complexity index is 1120. The smallest absolute Gasteiger partial charge is 0.241 e. The molecule has 0 aromatic heterocycles. The second-order valence-electron chi connectivity index (χ2n) is 8.51. The summed E-state index contributed by atoms with van der Waals surface area (Å²) in [5, 5.41) is 9.82. The fraction of sp³-hybridized carbons (Fsp3) is 0.400. The van der Waals surface area contributed by atoms with Crippen molar-refractivity contribution in [2.75, 3.05) is 44.8 Å². The average Bonchev–Trinajstić information content (AvgIpc) is 2.90. The lowest BCUT2D eigenvalue weighted by molar-refractivity contribution is -0.135. The van der Waals surface area contributed by atoms with Crippen LogP contribution in [0.3, 0.4) is 0 Å². The van der Waals surface area contributed by atoms with Crippen LogP contribution >= 0.6 is 0 Å². The van der Waals surface area contributed by atoms with Crippen LogP contribution in [0.25, 0.3) is 0 Å². The molecule has 35 heavy (non-hydrogen) atoms. The van der Waals surface area contributed by atoms with E-state index in [1.807, 2.05) is 23.1 Å². The van der Waals surface area contributed by atoms with Gasteiger partial charge in [-0.25, -0.2) is 13.1 Å². The van der Waals surface area contributed by atoms with E-state index in [1.54, 1.807) is 24.3 Å². The van der Waals surface area contributed by atoms with Crippen LogP contribution in [0.5, 0.6) is 5.75 Å². The summed E-state index contributed by atoms with van der Waals surface area (Å²) in [5.41, 5.74) is 1.15. The lowest BCUT2D eigenvalue weighted by Gasteiger charge is -2.37. The number of anilines is 1. The molecule has 0 spiro atoms. The van der Waals surface area contributed by atoms with Crippen molar-refractivity contribution in [2.24, 2.45) is 0 Å². The summed E-state index contributed by atoms with van der Waals surface area (Å²) in [4.78, 5) is 17.0. The van der Waals surface area contributed by atoms with E-state index in [9.17, 15) is 18.3 Å². The predicted octanol–water partition coefficient (Wildman–Crippen LogP) is 1.40. The number of piperazine rings is 1. The van der Waals surface area contributed by atoms with E-state index in [4.69, 9.17) is 9.47 Å². The van der Waals surface area contributed by atoms with Crippen molar-refractivity contribution in [3.63, 3.8) is 0 Å². The van der Waals surface area contributed by atoms with Crippen molar-refractivity contribution >= 4 is 21.6 Å². The van der Waals surface area contributed by atoms with Crippen LogP contribution in [0.2, 0.25) is 0 Å². The van der Waals surface area contributed by atoms with Gasteiger partial charge in [0.15, 0.2) is 0 Å². The highest BCUT2D eigenvalue weighted by Gasteiger charge is 2.32. The highest BCUT2D eigenvalue weighted by molar-refractivity contribution is 7.89. The van der Waals surface area contributed by atoms with Gasteiger partial charge in [-0.3, -0.25) is 4.79 Å². The molecular formula is C25H31N3O6S. The van der Waals surface area contributed by atoms with Crippen molar-refractivity contribution in [1.29, 1.82) is 0 Å². The average molecular weight is 502 g/mol. The third-order valence-corrected chi connectivity index (χ3v) is 7.73. The van der Waals surface area contributed by atoms with Crippen LogP contribution < -0.4 is 14.4 Å². The van der Waals surface area contributed by atoms with E-state index in [0.717, 1.165) is 18.8 Å². The molecule has 2 N–H and O–H groups in total. The first kappa shape index (κ1) is 25.2. The topological polar surface area (TPSA) is 108 Å². The van der Waals surface area contributed by atoms with E-state index in [2.05, 4.69) is 21.8 Å². The quantitative estimate of drug-likeness (QED) is 0.527. The molecule has 2 aromatic carbocycles. The molecule has 1 saturated heterocycles. The number of sulfonamides is 1. The highest BCUT2D eigenvalue weighted by atomic mass is 32.2. The van der Waals surface area contributed by atoms with Crippen LogP contribution in [0.1, 0.15) is 6.42 Å². The first-order chi connectivity index (χ1) is 16.9. The summed E-state index contributed by atoms with van der Waals surface area (Å²) in [5.74, 6) is 0.522. The fourth-order valence-corrected chi connectivity index (χ4v) is 5.49. The number of aliphatic hydroxyl groups excluding tert-OH is 1. The normalized spacial score (nSPS) is 22.7. The first-order valence-electron chi connectivity index (χ1n) is 11.6. The van der Waals surface area contributed by atoms with Crippen molar-refractivity contribution in [1.82, 2.24) is 9.62 Å². The molecule has 10 heteroatoms. The van der Waals surface area contributed by atoms with Crippen molar-refractivity contribution < 1.29 is 27.8 Å². The third-order valence-electron chi connectivity index (χ3n) is 6.25. The van der Waals surface area contributed by atoms with E-state index in [1.165, 1.54) is 19.2 Å². The molecule has 1 amide bonds. The Balaban J connectivity index is 1.32. The molecule has 1 fully saturated rings. The standard InChI is InChI=1S/C25H31N3O6S/c1-33-20-7-10-22(11-8-20)35(31,32)26-23-12-9-21(34-24(23)18-29)17-25(30)28-15-13-27(14-16-28)19-5-3-2-4-6-19/h2-12,21,23-24,26,29H,13-18H2,1H3/t21-,23+,24+/m1/s1. The molecule has 0 bridgehead atoms. The molecule has 2 aliphatic heterocycles. The zero-order valence-corrected chi connectivity index (χ0v) is 20.4. The summed E-state index contributed by atoms with van der Waals surface area (Å²) in [6.07, 6.45) is 2.13. The number of amides is 1. The van der Waals surface area contributed by atoms with Gasteiger partial charge in [-0.1, -0.05) is 30.4 Å². The van der Waals surface area contributed by atoms with Gasteiger partial charge < -0.3 is 24.4 Å². The fourth-order valence-electron chi connectivity index (χ4n) is 4.27. The molecule has 0 radical (unpaired) electrons. The molecule has 9 nitrogen and oxygen atoms in total. The van der Waals surface area contributed by atoms with Gasteiger partial charge in [0.05, 0.1) is 37.2 Å². The number of methoxy groups -OCH3 is 1. The molecular weight excluding hydrogens is 470 g/mol. The molecule has 2 heterocycles. The number of nitrogens with zero attached hydrogens (tertiary/aromatic N) is 2. The third kappa shape index (κ3) is 6.21. The predicted molar refractivity (Wildman–Crippen MR) is 132 cm³/mol. The molecule has 4 rings (SSSR count). The number of hydrogen-bond donors (Lipinski definition) is 2. The van der Waals surface area contributed by atoms with Gasteiger partial charge in [0.1, 0.15) is 11.9 Å². The number of aliphatic hydroxyl groups is 1. The molecule has 3 atom stereocenters. The van der Waals surface area contributed by atoms with E-state index in [-0.39, 0.29) is 23.8 Å².